The standard InChI is InChI=1S/C14H20ClN3/c15-12-2-4-13(5-3-12)17-6-1-7-18(9-8-17)14-10-16-11-14/h2-5,14,16H,1,6-11H2. The molecule has 0 spiro atoms. The molecule has 0 bridgehead atoms. The summed E-state index contributed by atoms with van der Waals surface area (Å²) in [6.07, 6.45) is 1.25. The Labute approximate surface area is 114 Å². The van der Waals surface area contributed by atoms with E-state index in [4.69, 9.17) is 11.6 Å². The molecule has 3 nitrogen and oxygen atoms in total. The molecule has 0 amide bonds. The van der Waals surface area contributed by atoms with E-state index < -0.39 is 0 Å². The molecule has 0 unspecified atom stereocenters. The molecule has 1 N–H and O–H groups in total. The second-order valence-electron chi connectivity index (χ2n) is 5.17. The molecule has 98 valence electrons. The second kappa shape index (κ2) is 5.47. The Hall–Kier alpha value is -0.770. The van der Waals surface area contributed by atoms with Crippen molar-refractivity contribution >= 4 is 17.3 Å². The van der Waals surface area contributed by atoms with Crippen LogP contribution in [-0.4, -0.2) is 50.2 Å². The van der Waals surface area contributed by atoms with Gasteiger partial charge in [-0.1, -0.05) is 11.6 Å². The highest BCUT2D eigenvalue weighted by Crippen LogP contribution is 2.20. The van der Waals surface area contributed by atoms with Crippen LogP contribution in [-0.2, 0) is 0 Å². The van der Waals surface area contributed by atoms with Gasteiger partial charge in [-0.2, -0.15) is 0 Å². The quantitative estimate of drug-likeness (QED) is 0.880. The van der Waals surface area contributed by atoms with Crippen molar-refractivity contribution in [2.24, 2.45) is 0 Å². The van der Waals surface area contributed by atoms with Crippen LogP contribution < -0.4 is 10.2 Å². The van der Waals surface area contributed by atoms with Crippen LogP contribution in [0.1, 0.15) is 6.42 Å². The highest BCUT2D eigenvalue weighted by molar-refractivity contribution is 6.30. The SMILES string of the molecule is Clc1ccc(N2CCCN(C3CNC3)CC2)cc1. The van der Waals surface area contributed by atoms with E-state index in [0.29, 0.717) is 0 Å². The first-order chi connectivity index (χ1) is 8.83. The summed E-state index contributed by atoms with van der Waals surface area (Å²) in [7, 11) is 0. The summed E-state index contributed by atoms with van der Waals surface area (Å²) in [5, 5.41) is 4.17. The van der Waals surface area contributed by atoms with Gasteiger partial charge in [0.15, 0.2) is 0 Å². The van der Waals surface area contributed by atoms with Gasteiger partial charge in [-0.25, -0.2) is 0 Å². The van der Waals surface area contributed by atoms with Crippen molar-refractivity contribution in [3.63, 3.8) is 0 Å². The van der Waals surface area contributed by atoms with Crippen LogP contribution >= 0.6 is 11.6 Å². The molecule has 0 aliphatic carbocycles. The van der Waals surface area contributed by atoms with Crippen molar-refractivity contribution in [3.05, 3.63) is 29.3 Å². The first-order valence-corrected chi connectivity index (χ1v) is 7.16. The minimum absolute atomic E-state index is 0.773. The highest BCUT2D eigenvalue weighted by atomic mass is 35.5. The van der Waals surface area contributed by atoms with Gasteiger partial charge in [-0.3, -0.25) is 4.90 Å². The predicted molar refractivity (Wildman–Crippen MR) is 76.5 cm³/mol. The maximum Gasteiger partial charge on any atom is 0.0407 e. The van der Waals surface area contributed by atoms with Gasteiger partial charge in [0.1, 0.15) is 0 Å². The maximum absolute atomic E-state index is 5.94. The Kier molecular flexibility index (Phi) is 3.73. The number of nitrogens with zero attached hydrogens (tertiary/aromatic N) is 2. The molecule has 2 saturated heterocycles. The lowest BCUT2D eigenvalue weighted by Crippen LogP contribution is -2.57. The van der Waals surface area contributed by atoms with E-state index in [1.165, 1.54) is 38.3 Å². The maximum atomic E-state index is 5.94. The molecule has 18 heavy (non-hydrogen) atoms. The first kappa shape index (κ1) is 12.3. The number of nitrogens with one attached hydrogen (secondary N) is 1. The molecule has 4 heteroatoms. The summed E-state index contributed by atoms with van der Waals surface area (Å²) < 4.78 is 0. The largest absolute Gasteiger partial charge is 0.370 e. The summed E-state index contributed by atoms with van der Waals surface area (Å²) >= 11 is 5.94. The van der Waals surface area contributed by atoms with Crippen molar-refractivity contribution in [3.8, 4) is 0 Å². The van der Waals surface area contributed by atoms with Crippen molar-refractivity contribution < 1.29 is 0 Å². The summed E-state index contributed by atoms with van der Waals surface area (Å²) in [4.78, 5) is 5.11. The van der Waals surface area contributed by atoms with E-state index >= 15 is 0 Å². The Bertz CT molecular complexity index is 389. The summed E-state index contributed by atoms with van der Waals surface area (Å²) in [5.41, 5.74) is 1.30. The zero-order valence-electron chi connectivity index (χ0n) is 10.6. The highest BCUT2D eigenvalue weighted by Gasteiger charge is 2.26. The molecule has 2 aliphatic rings. The molecule has 0 aromatic heterocycles. The lowest BCUT2D eigenvalue weighted by atomic mass is 10.1. The third-order valence-corrected chi connectivity index (χ3v) is 4.25. The Balaban J connectivity index is 1.62. The Morgan fingerprint density at radius 2 is 1.78 bits per heavy atom. The number of hydrogen-bond acceptors (Lipinski definition) is 3. The molecule has 0 atom stereocenters. The lowest BCUT2D eigenvalue weighted by molar-refractivity contribution is 0.155. The van der Waals surface area contributed by atoms with Crippen LogP contribution in [0.5, 0.6) is 0 Å². The van der Waals surface area contributed by atoms with Crippen LogP contribution in [0, 0.1) is 0 Å². The molecule has 2 aliphatic heterocycles. The molecule has 3 rings (SSSR count). The minimum Gasteiger partial charge on any atom is -0.370 e. The summed E-state index contributed by atoms with van der Waals surface area (Å²) in [6.45, 7) is 7.02. The minimum atomic E-state index is 0.773. The number of hydrogen-bond donors (Lipinski definition) is 1. The fourth-order valence-corrected chi connectivity index (χ4v) is 2.87. The van der Waals surface area contributed by atoms with Gasteiger partial charge in [0.2, 0.25) is 0 Å². The molecule has 1 aromatic carbocycles. The van der Waals surface area contributed by atoms with E-state index in [1.807, 2.05) is 12.1 Å². The average Bonchev–Trinajstić information content (AvgIpc) is 2.54. The van der Waals surface area contributed by atoms with Crippen LogP contribution in [0.2, 0.25) is 5.02 Å². The van der Waals surface area contributed by atoms with Crippen LogP contribution in [0.3, 0.4) is 0 Å². The van der Waals surface area contributed by atoms with Crippen LogP contribution in [0.4, 0.5) is 5.69 Å². The fourth-order valence-electron chi connectivity index (χ4n) is 2.74. The molecule has 0 radical (unpaired) electrons. The van der Waals surface area contributed by atoms with Gasteiger partial charge in [-0.05, 0) is 30.7 Å². The van der Waals surface area contributed by atoms with Gasteiger partial charge in [0.05, 0.1) is 0 Å². The van der Waals surface area contributed by atoms with Crippen molar-refractivity contribution in [2.45, 2.75) is 12.5 Å². The third kappa shape index (κ3) is 2.63. The second-order valence-corrected chi connectivity index (χ2v) is 5.60. The van der Waals surface area contributed by atoms with E-state index in [2.05, 4.69) is 27.2 Å². The number of benzene rings is 1. The van der Waals surface area contributed by atoms with Crippen LogP contribution in [0.15, 0.2) is 24.3 Å². The topological polar surface area (TPSA) is 18.5 Å². The monoisotopic (exact) mass is 265 g/mol. The van der Waals surface area contributed by atoms with Crippen LogP contribution in [0.25, 0.3) is 0 Å². The summed E-state index contributed by atoms with van der Waals surface area (Å²) in [6, 6.07) is 8.99. The van der Waals surface area contributed by atoms with E-state index in [0.717, 1.165) is 24.2 Å². The van der Waals surface area contributed by atoms with Crippen molar-refractivity contribution in [1.82, 2.24) is 10.2 Å². The van der Waals surface area contributed by atoms with Gasteiger partial charge >= 0.3 is 0 Å². The number of anilines is 1. The van der Waals surface area contributed by atoms with E-state index in [-0.39, 0.29) is 0 Å². The molecule has 2 heterocycles. The zero-order valence-corrected chi connectivity index (χ0v) is 11.4. The molecular weight excluding hydrogens is 246 g/mol. The fraction of sp³-hybridized carbons (Fsp3) is 0.571. The molecule has 0 saturated carbocycles. The van der Waals surface area contributed by atoms with Gasteiger partial charge in [-0.15, -0.1) is 0 Å². The Morgan fingerprint density at radius 1 is 1.00 bits per heavy atom. The lowest BCUT2D eigenvalue weighted by Gasteiger charge is -2.37. The predicted octanol–water partition coefficient (Wildman–Crippen LogP) is 1.82. The first-order valence-electron chi connectivity index (χ1n) is 6.78. The Morgan fingerprint density at radius 3 is 2.44 bits per heavy atom. The normalized spacial score (nSPS) is 22.6. The van der Waals surface area contributed by atoms with Crippen molar-refractivity contribution in [1.29, 1.82) is 0 Å². The number of halogens is 1. The smallest absolute Gasteiger partial charge is 0.0407 e. The average molecular weight is 266 g/mol. The van der Waals surface area contributed by atoms with E-state index in [9.17, 15) is 0 Å². The number of rotatable bonds is 2. The van der Waals surface area contributed by atoms with E-state index in [1.54, 1.807) is 0 Å². The van der Waals surface area contributed by atoms with Crippen molar-refractivity contribution in [2.75, 3.05) is 44.2 Å². The zero-order chi connectivity index (χ0) is 12.4. The van der Waals surface area contributed by atoms with Gasteiger partial charge in [0, 0.05) is 56.0 Å². The van der Waals surface area contributed by atoms with Gasteiger partial charge < -0.3 is 10.2 Å². The molecule has 1 aromatic rings. The third-order valence-electron chi connectivity index (χ3n) is 4.00. The summed E-state index contributed by atoms with van der Waals surface area (Å²) in [5.74, 6) is 0. The molecular formula is C14H20ClN3. The van der Waals surface area contributed by atoms with Gasteiger partial charge in [0.25, 0.3) is 0 Å². The molecule has 2 fully saturated rings.